The number of aliphatic hydroxyl groups is 1. The maximum atomic E-state index is 11.2. The SMILES string of the molecule is O=c1cc(CO)nc(-c2ccccc2)[nH]1. The topological polar surface area (TPSA) is 66.0 Å². The minimum absolute atomic E-state index is 0.232. The third-order valence-corrected chi connectivity index (χ3v) is 2.00. The number of aromatic amines is 1. The molecule has 0 aliphatic heterocycles. The van der Waals surface area contributed by atoms with Crippen LogP contribution in [0.5, 0.6) is 0 Å². The van der Waals surface area contributed by atoms with Crippen molar-refractivity contribution in [2.75, 3.05) is 0 Å². The van der Waals surface area contributed by atoms with E-state index in [0.717, 1.165) is 5.56 Å². The molecule has 0 unspecified atom stereocenters. The van der Waals surface area contributed by atoms with Gasteiger partial charge in [0.25, 0.3) is 5.56 Å². The lowest BCUT2D eigenvalue weighted by atomic mass is 10.2. The molecular formula is C11H10N2O2. The van der Waals surface area contributed by atoms with Crippen molar-refractivity contribution in [2.45, 2.75) is 6.61 Å². The Hall–Kier alpha value is -1.94. The summed E-state index contributed by atoms with van der Waals surface area (Å²) in [5.41, 5.74) is 0.940. The van der Waals surface area contributed by atoms with Gasteiger partial charge >= 0.3 is 0 Å². The summed E-state index contributed by atoms with van der Waals surface area (Å²) in [5.74, 6) is 0.479. The van der Waals surface area contributed by atoms with Crippen LogP contribution in [0.25, 0.3) is 11.4 Å². The first-order valence-corrected chi connectivity index (χ1v) is 4.56. The molecule has 2 aromatic rings. The third kappa shape index (κ3) is 2.11. The molecule has 76 valence electrons. The lowest BCUT2D eigenvalue weighted by Gasteiger charge is -2.01. The molecule has 0 spiro atoms. The van der Waals surface area contributed by atoms with Gasteiger partial charge in [-0.25, -0.2) is 4.98 Å². The van der Waals surface area contributed by atoms with Gasteiger partial charge in [0.05, 0.1) is 12.3 Å². The fourth-order valence-electron chi connectivity index (χ4n) is 1.32. The smallest absolute Gasteiger partial charge is 0.251 e. The fourth-order valence-corrected chi connectivity index (χ4v) is 1.32. The van der Waals surface area contributed by atoms with Crippen molar-refractivity contribution in [1.82, 2.24) is 9.97 Å². The molecule has 2 rings (SSSR count). The molecule has 1 aromatic carbocycles. The lowest BCUT2D eigenvalue weighted by Crippen LogP contribution is -2.10. The number of nitrogens with one attached hydrogen (secondary N) is 1. The third-order valence-electron chi connectivity index (χ3n) is 2.00. The predicted molar refractivity (Wildman–Crippen MR) is 56.2 cm³/mol. The summed E-state index contributed by atoms with van der Waals surface area (Å²) >= 11 is 0. The zero-order valence-electron chi connectivity index (χ0n) is 7.97. The van der Waals surface area contributed by atoms with Gasteiger partial charge in [-0.05, 0) is 0 Å². The van der Waals surface area contributed by atoms with E-state index in [9.17, 15) is 4.79 Å². The van der Waals surface area contributed by atoms with E-state index < -0.39 is 0 Å². The zero-order chi connectivity index (χ0) is 10.7. The molecule has 0 amide bonds. The number of aromatic nitrogens is 2. The van der Waals surface area contributed by atoms with Gasteiger partial charge in [-0.1, -0.05) is 30.3 Å². The van der Waals surface area contributed by atoms with Crippen LogP contribution in [0.15, 0.2) is 41.2 Å². The first-order chi connectivity index (χ1) is 7.29. The summed E-state index contributed by atoms with van der Waals surface area (Å²) in [5, 5.41) is 8.92. The van der Waals surface area contributed by atoms with E-state index in [-0.39, 0.29) is 12.2 Å². The highest BCUT2D eigenvalue weighted by atomic mass is 16.3. The van der Waals surface area contributed by atoms with Crippen LogP contribution in [-0.2, 0) is 6.61 Å². The summed E-state index contributed by atoms with van der Waals surface area (Å²) in [7, 11) is 0. The van der Waals surface area contributed by atoms with Crippen molar-refractivity contribution in [3.8, 4) is 11.4 Å². The Bertz CT molecular complexity index is 505. The molecule has 0 radical (unpaired) electrons. The zero-order valence-corrected chi connectivity index (χ0v) is 7.97. The molecule has 1 aromatic heterocycles. The van der Waals surface area contributed by atoms with E-state index in [4.69, 9.17) is 5.11 Å². The minimum Gasteiger partial charge on any atom is -0.390 e. The van der Waals surface area contributed by atoms with Gasteiger partial charge in [-0.15, -0.1) is 0 Å². The van der Waals surface area contributed by atoms with Gasteiger partial charge in [0.2, 0.25) is 0 Å². The monoisotopic (exact) mass is 202 g/mol. The molecule has 0 saturated heterocycles. The van der Waals surface area contributed by atoms with E-state index in [1.54, 1.807) is 0 Å². The maximum absolute atomic E-state index is 11.2. The summed E-state index contributed by atoms with van der Waals surface area (Å²) in [4.78, 5) is 18.0. The Balaban J connectivity index is 2.54. The number of benzene rings is 1. The van der Waals surface area contributed by atoms with E-state index in [2.05, 4.69) is 9.97 Å². The molecule has 0 bridgehead atoms. The molecule has 4 nitrogen and oxygen atoms in total. The first kappa shape index (κ1) is 9.61. The molecule has 1 heterocycles. The van der Waals surface area contributed by atoms with Gasteiger partial charge in [0.1, 0.15) is 5.82 Å². The van der Waals surface area contributed by atoms with Crippen molar-refractivity contribution in [1.29, 1.82) is 0 Å². The van der Waals surface area contributed by atoms with Gasteiger partial charge in [-0.2, -0.15) is 0 Å². The van der Waals surface area contributed by atoms with Gasteiger partial charge in [-0.3, -0.25) is 4.79 Å². The molecule has 4 heteroatoms. The molecule has 0 atom stereocenters. The van der Waals surface area contributed by atoms with Crippen molar-refractivity contribution < 1.29 is 5.11 Å². The molecule has 0 aliphatic carbocycles. The largest absolute Gasteiger partial charge is 0.390 e. The highest BCUT2D eigenvalue weighted by Gasteiger charge is 2.02. The van der Waals surface area contributed by atoms with Crippen LogP contribution < -0.4 is 5.56 Å². The Morgan fingerprint density at radius 2 is 2.00 bits per heavy atom. The number of hydrogen-bond donors (Lipinski definition) is 2. The summed E-state index contributed by atoms with van der Waals surface area (Å²) in [6, 6.07) is 10.6. The van der Waals surface area contributed by atoms with Crippen LogP contribution in [0.1, 0.15) is 5.69 Å². The number of nitrogens with zero attached hydrogens (tertiary/aromatic N) is 1. The van der Waals surface area contributed by atoms with Crippen molar-refractivity contribution in [2.24, 2.45) is 0 Å². The van der Waals surface area contributed by atoms with E-state index in [1.165, 1.54) is 6.07 Å². The molecule has 0 fully saturated rings. The van der Waals surface area contributed by atoms with Crippen LogP contribution in [0.2, 0.25) is 0 Å². The highest BCUT2D eigenvalue weighted by molar-refractivity contribution is 5.54. The Morgan fingerprint density at radius 1 is 1.27 bits per heavy atom. The van der Waals surface area contributed by atoms with Crippen LogP contribution in [-0.4, -0.2) is 15.1 Å². The summed E-state index contributed by atoms with van der Waals surface area (Å²) in [6.07, 6.45) is 0. The van der Waals surface area contributed by atoms with Crippen molar-refractivity contribution in [3.63, 3.8) is 0 Å². The Morgan fingerprint density at radius 3 is 2.67 bits per heavy atom. The van der Waals surface area contributed by atoms with Crippen molar-refractivity contribution >= 4 is 0 Å². The second kappa shape index (κ2) is 4.06. The Kier molecular flexibility index (Phi) is 2.60. The molecule has 2 N–H and O–H groups in total. The predicted octanol–water partition coefficient (Wildman–Crippen LogP) is 0.929. The van der Waals surface area contributed by atoms with Crippen molar-refractivity contribution in [3.05, 3.63) is 52.4 Å². The quantitative estimate of drug-likeness (QED) is 0.761. The second-order valence-electron chi connectivity index (χ2n) is 3.11. The average molecular weight is 202 g/mol. The number of H-pyrrole nitrogens is 1. The van der Waals surface area contributed by atoms with E-state index in [0.29, 0.717) is 11.5 Å². The molecule has 0 saturated carbocycles. The second-order valence-corrected chi connectivity index (χ2v) is 3.11. The van der Waals surface area contributed by atoms with Crippen LogP contribution in [0.3, 0.4) is 0 Å². The normalized spacial score (nSPS) is 10.2. The van der Waals surface area contributed by atoms with E-state index >= 15 is 0 Å². The van der Waals surface area contributed by atoms with Gasteiger partial charge < -0.3 is 10.1 Å². The number of rotatable bonds is 2. The lowest BCUT2D eigenvalue weighted by molar-refractivity contribution is 0.276. The molecule has 15 heavy (non-hydrogen) atoms. The Labute approximate surface area is 86.2 Å². The fraction of sp³-hybridized carbons (Fsp3) is 0.0909. The number of hydrogen-bond acceptors (Lipinski definition) is 3. The van der Waals surface area contributed by atoms with Crippen LogP contribution in [0.4, 0.5) is 0 Å². The first-order valence-electron chi connectivity index (χ1n) is 4.56. The molecular weight excluding hydrogens is 192 g/mol. The summed E-state index contributed by atoms with van der Waals surface area (Å²) in [6.45, 7) is -0.232. The highest BCUT2D eigenvalue weighted by Crippen LogP contribution is 2.12. The average Bonchev–Trinajstić information content (AvgIpc) is 2.29. The maximum Gasteiger partial charge on any atom is 0.251 e. The standard InChI is InChI=1S/C11H10N2O2/c14-7-9-6-10(15)13-11(12-9)8-4-2-1-3-5-8/h1-6,14H,7H2,(H,12,13,15). The summed E-state index contributed by atoms with van der Waals surface area (Å²) < 4.78 is 0. The van der Waals surface area contributed by atoms with Crippen LogP contribution >= 0.6 is 0 Å². The van der Waals surface area contributed by atoms with Gasteiger partial charge in [0.15, 0.2) is 0 Å². The number of aliphatic hydroxyl groups excluding tert-OH is 1. The van der Waals surface area contributed by atoms with Crippen LogP contribution in [0, 0.1) is 0 Å². The minimum atomic E-state index is -0.257. The molecule has 0 aliphatic rings. The van der Waals surface area contributed by atoms with Gasteiger partial charge in [0, 0.05) is 11.6 Å². The van der Waals surface area contributed by atoms with E-state index in [1.807, 2.05) is 30.3 Å².